The summed E-state index contributed by atoms with van der Waals surface area (Å²) in [5.41, 5.74) is 0. The molecule has 0 rings (SSSR count). The molecule has 0 spiro atoms. The van der Waals surface area contributed by atoms with Gasteiger partial charge in [0, 0.05) is 6.08 Å². The number of ether oxygens (including phenoxy) is 2. The zero-order valence-corrected chi connectivity index (χ0v) is 9.84. The first-order valence-corrected chi connectivity index (χ1v) is 5.38. The van der Waals surface area contributed by atoms with Crippen LogP contribution >= 0.6 is 23.2 Å². The molecule has 0 radical (unpaired) electrons. The molecule has 0 aromatic carbocycles. The molecule has 0 fully saturated rings. The molecule has 0 heterocycles. The van der Waals surface area contributed by atoms with Gasteiger partial charge in [-0.1, -0.05) is 6.58 Å². The molecular weight excluding hydrogens is 239 g/mol. The molecule has 0 aromatic rings. The Morgan fingerprint density at radius 3 is 2.73 bits per heavy atom. The second-order valence-electron chi connectivity index (χ2n) is 2.58. The highest BCUT2D eigenvalue weighted by atomic mass is 35.5. The van der Waals surface area contributed by atoms with Crippen LogP contribution in [0.2, 0.25) is 0 Å². The number of carbonyl (C=O) groups is 1. The minimum Gasteiger partial charge on any atom is -0.498 e. The average Bonchev–Trinajstić information content (AvgIpc) is 2.21. The number of halogens is 2. The standard InChI is InChI=1S/C10H14Cl2O3/c1-2-10(13)15-8-7-14-6-4-3-5-9(11)12/h2,4,6,9H,1,3,5,7-8H2. The van der Waals surface area contributed by atoms with E-state index in [2.05, 4.69) is 11.3 Å². The molecule has 86 valence electrons. The Labute approximate surface area is 99.6 Å². The molecule has 0 bridgehead atoms. The number of hydrogen-bond acceptors (Lipinski definition) is 3. The summed E-state index contributed by atoms with van der Waals surface area (Å²) < 4.78 is 9.71. The molecule has 0 aliphatic carbocycles. The van der Waals surface area contributed by atoms with E-state index in [1.165, 1.54) is 6.26 Å². The van der Waals surface area contributed by atoms with E-state index < -0.39 is 5.97 Å². The van der Waals surface area contributed by atoms with E-state index in [9.17, 15) is 4.79 Å². The van der Waals surface area contributed by atoms with Crippen molar-refractivity contribution in [2.45, 2.75) is 17.7 Å². The van der Waals surface area contributed by atoms with Crippen LogP contribution in [0.15, 0.2) is 25.0 Å². The Morgan fingerprint density at radius 2 is 2.13 bits per heavy atom. The predicted octanol–water partition coefficient (Wildman–Crippen LogP) is 2.83. The normalized spacial score (nSPS) is 10.6. The fraction of sp³-hybridized carbons (Fsp3) is 0.500. The van der Waals surface area contributed by atoms with Gasteiger partial charge in [0.15, 0.2) is 0 Å². The minimum atomic E-state index is -0.449. The number of hydrogen-bond donors (Lipinski definition) is 0. The van der Waals surface area contributed by atoms with Crippen LogP contribution in [0.3, 0.4) is 0 Å². The van der Waals surface area contributed by atoms with Crippen molar-refractivity contribution in [3.8, 4) is 0 Å². The molecule has 5 heteroatoms. The van der Waals surface area contributed by atoms with Crippen molar-refractivity contribution in [3.63, 3.8) is 0 Å². The van der Waals surface area contributed by atoms with Gasteiger partial charge in [-0.15, -0.1) is 23.2 Å². The summed E-state index contributed by atoms with van der Waals surface area (Å²) in [6.45, 7) is 3.79. The van der Waals surface area contributed by atoms with Gasteiger partial charge >= 0.3 is 5.97 Å². The zero-order chi connectivity index (χ0) is 11.5. The summed E-state index contributed by atoms with van der Waals surface area (Å²) in [5, 5.41) is 0. The summed E-state index contributed by atoms with van der Waals surface area (Å²) >= 11 is 11.0. The molecule has 3 nitrogen and oxygen atoms in total. The van der Waals surface area contributed by atoms with Crippen LogP contribution in [-0.4, -0.2) is 24.0 Å². The first-order chi connectivity index (χ1) is 7.16. The summed E-state index contributed by atoms with van der Waals surface area (Å²) in [5.74, 6) is -0.449. The summed E-state index contributed by atoms with van der Waals surface area (Å²) in [7, 11) is 0. The maximum Gasteiger partial charge on any atom is 0.330 e. The fourth-order valence-corrected chi connectivity index (χ4v) is 0.928. The quantitative estimate of drug-likeness (QED) is 0.219. The minimum absolute atomic E-state index is 0.211. The van der Waals surface area contributed by atoms with Gasteiger partial charge in [-0.3, -0.25) is 0 Å². The summed E-state index contributed by atoms with van der Waals surface area (Å²) in [6, 6.07) is 0. The molecule has 0 saturated carbocycles. The van der Waals surface area contributed by atoms with Gasteiger partial charge in [-0.05, 0) is 18.9 Å². The highest BCUT2D eigenvalue weighted by molar-refractivity contribution is 6.44. The van der Waals surface area contributed by atoms with Crippen LogP contribution in [0, 0.1) is 0 Å². The molecule has 0 aliphatic heterocycles. The van der Waals surface area contributed by atoms with Crippen LogP contribution < -0.4 is 0 Å². The Kier molecular flexibility index (Phi) is 9.43. The molecule has 0 amide bonds. The van der Waals surface area contributed by atoms with Crippen LogP contribution in [-0.2, 0) is 14.3 Å². The first kappa shape index (κ1) is 14.3. The van der Waals surface area contributed by atoms with Gasteiger partial charge in [0.1, 0.15) is 18.1 Å². The molecular formula is C10H14Cl2O3. The monoisotopic (exact) mass is 252 g/mol. The Morgan fingerprint density at radius 1 is 1.40 bits per heavy atom. The van der Waals surface area contributed by atoms with Gasteiger partial charge in [-0.25, -0.2) is 4.79 Å². The maximum absolute atomic E-state index is 10.6. The SMILES string of the molecule is C=CC(=O)OCCOC=CCCC(Cl)Cl. The van der Waals surface area contributed by atoms with E-state index in [1.54, 1.807) is 0 Å². The van der Waals surface area contributed by atoms with Crippen LogP contribution in [0.5, 0.6) is 0 Å². The molecule has 0 atom stereocenters. The lowest BCUT2D eigenvalue weighted by molar-refractivity contribution is -0.138. The second kappa shape index (κ2) is 9.87. The van der Waals surface area contributed by atoms with Gasteiger partial charge in [-0.2, -0.15) is 0 Å². The number of esters is 1. The van der Waals surface area contributed by atoms with E-state index in [0.717, 1.165) is 12.5 Å². The van der Waals surface area contributed by atoms with Crippen LogP contribution in [0.25, 0.3) is 0 Å². The van der Waals surface area contributed by atoms with Crippen molar-refractivity contribution in [3.05, 3.63) is 25.0 Å². The summed E-state index contributed by atoms with van der Waals surface area (Å²) in [6.07, 6.45) is 5.90. The van der Waals surface area contributed by atoms with Crippen molar-refractivity contribution in [2.24, 2.45) is 0 Å². The van der Waals surface area contributed by atoms with Gasteiger partial charge in [0.2, 0.25) is 0 Å². The Hall–Kier alpha value is -0.670. The third-order valence-electron chi connectivity index (χ3n) is 1.36. The number of rotatable bonds is 8. The smallest absolute Gasteiger partial charge is 0.330 e. The third-order valence-corrected chi connectivity index (χ3v) is 1.79. The van der Waals surface area contributed by atoms with Crippen molar-refractivity contribution >= 4 is 29.2 Å². The lowest BCUT2D eigenvalue weighted by Gasteiger charge is -2.01. The zero-order valence-electron chi connectivity index (χ0n) is 8.33. The molecule has 15 heavy (non-hydrogen) atoms. The number of carbonyl (C=O) groups excluding carboxylic acids is 1. The molecule has 0 aliphatic rings. The van der Waals surface area contributed by atoms with E-state index in [4.69, 9.17) is 27.9 Å². The molecule has 0 N–H and O–H groups in total. The molecule has 0 unspecified atom stereocenters. The predicted molar refractivity (Wildman–Crippen MR) is 61.0 cm³/mol. The van der Waals surface area contributed by atoms with Crippen LogP contribution in [0.1, 0.15) is 12.8 Å². The van der Waals surface area contributed by atoms with E-state index in [-0.39, 0.29) is 11.4 Å². The third kappa shape index (κ3) is 11.3. The molecule has 0 saturated heterocycles. The van der Waals surface area contributed by atoms with Crippen molar-refractivity contribution in [1.82, 2.24) is 0 Å². The number of allylic oxidation sites excluding steroid dienone is 1. The van der Waals surface area contributed by atoms with Crippen molar-refractivity contribution in [2.75, 3.05) is 13.2 Å². The maximum atomic E-state index is 10.6. The Balaban J connectivity index is 3.23. The van der Waals surface area contributed by atoms with Crippen molar-refractivity contribution in [1.29, 1.82) is 0 Å². The second-order valence-corrected chi connectivity index (χ2v) is 3.86. The topological polar surface area (TPSA) is 35.5 Å². The highest BCUT2D eigenvalue weighted by Crippen LogP contribution is 2.09. The first-order valence-electron chi connectivity index (χ1n) is 4.50. The fourth-order valence-electron chi connectivity index (χ4n) is 0.676. The van der Waals surface area contributed by atoms with Gasteiger partial charge in [0.05, 0.1) is 6.26 Å². The lowest BCUT2D eigenvalue weighted by Crippen LogP contribution is -2.06. The van der Waals surface area contributed by atoms with E-state index >= 15 is 0 Å². The highest BCUT2D eigenvalue weighted by Gasteiger charge is 1.95. The lowest BCUT2D eigenvalue weighted by atomic mass is 10.3. The Bertz CT molecular complexity index is 215. The summed E-state index contributed by atoms with van der Waals surface area (Å²) in [4.78, 5) is 10.2. The van der Waals surface area contributed by atoms with Crippen molar-refractivity contribution < 1.29 is 14.3 Å². The van der Waals surface area contributed by atoms with Crippen LogP contribution in [0.4, 0.5) is 0 Å². The number of alkyl halides is 2. The van der Waals surface area contributed by atoms with E-state index in [0.29, 0.717) is 13.0 Å². The average molecular weight is 253 g/mol. The largest absolute Gasteiger partial charge is 0.498 e. The molecule has 0 aromatic heterocycles. The van der Waals surface area contributed by atoms with E-state index in [1.807, 2.05) is 6.08 Å². The van der Waals surface area contributed by atoms with Gasteiger partial charge in [0.25, 0.3) is 0 Å². The van der Waals surface area contributed by atoms with Gasteiger partial charge < -0.3 is 9.47 Å².